The highest BCUT2D eigenvalue weighted by Crippen LogP contribution is 1.95. The molecule has 0 heterocycles. The van der Waals surface area contributed by atoms with Gasteiger partial charge in [-0.25, -0.2) is 0 Å². The second-order valence-corrected chi connectivity index (χ2v) is 4.43. The van der Waals surface area contributed by atoms with Crippen LogP contribution in [0.4, 0.5) is 0 Å². The minimum absolute atomic E-state index is 0.278. The number of ether oxygens (including phenoxy) is 1. The molecule has 3 N–H and O–H groups in total. The maximum atomic E-state index is 11.5. The minimum Gasteiger partial charge on any atom is -0.383 e. The lowest BCUT2D eigenvalue weighted by molar-refractivity contribution is 0.203. The lowest BCUT2D eigenvalue weighted by atomic mass is 10.6. The smallest absolute Gasteiger partial charge is 0.279 e. The highest BCUT2D eigenvalue weighted by Gasteiger charge is 2.17. The van der Waals surface area contributed by atoms with Crippen molar-refractivity contribution < 1.29 is 13.2 Å². The highest BCUT2D eigenvalue weighted by molar-refractivity contribution is 7.87. The Balaban J connectivity index is 4.12. The molecule has 0 radical (unpaired) electrons. The van der Waals surface area contributed by atoms with Crippen LogP contribution in [0.15, 0.2) is 0 Å². The van der Waals surface area contributed by atoms with Gasteiger partial charge >= 0.3 is 0 Å². The second kappa shape index (κ2) is 7.13. The van der Waals surface area contributed by atoms with E-state index < -0.39 is 10.2 Å². The molecule has 7 heteroatoms. The third-order valence-electron chi connectivity index (χ3n) is 1.66. The Labute approximate surface area is 85.6 Å². The Bertz CT molecular complexity index is 230. The van der Waals surface area contributed by atoms with Crippen LogP contribution < -0.4 is 10.5 Å². The first kappa shape index (κ1) is 13.8. The van der Waals surface area contributed by atoms with E-state index in [0.29, 0.717) is 26.2 Å². The highest BCUT2D eigenvalue weighted by atomic mass is 32.2. The molecule has 0 aromatic rings. The van der Waals surface area contributed by atoms with E-state index in [1.807, 2.05) is 0 Å². The lowest BCUT2D eigenvalue weighted by Crippen LogP contribution is -2.43. The van der Waals surface area contributed by atoms with E-state index in [9.17, 15) is 8.42 Å². The average molecular weight is 225 g/mol. The van der Waals surface area contributed by atoms with Crippen LogP contribution in [-0.2, 0) is 14.9 Å². The Hall–Kier alpha value is -0.210. The fraction of sp³-hybridized carbons (Fsp3) is 1.00. The second-order valence-electron chi connectivity index (χ2n) is 2.67. The lowest BCUT2D eigenvalue weighted by Gasteiger charge is -2.19. The van der Waals surface area contributed by atoms with Crippen LogP contribution in [0, 0.1) is 0 Å². The molecule has 0 rings (SSSR count). The molecule has 0 aromatic carbocycles. The van der Waals surface area contributed by atoms with Crippen LogP contribution in [0.5, 0.6) is 0 Å². The fourth-order valence-electron chi connectivity index (χ4n) is 0.956. The molecule has 0 aliphatic heterocycles. The van der Waals surface area contributed by atoms with E-state index in [1.165, 1.54) is 11.4 Å². The van der Waals surface area contributed by atoms with E-state index in [1.54, 1.807) is 6.92 Å². The summed E-state index contributed by atoms with van der Waals surface area (Å²) in [5, 5.41) is 0. The van der Waals surface area contributed by atoms with Crippen LogP contribution >= 0.6 is 0 Å². The van der Waals surface area contributed by atoms with Crippen molar-refractivity contribution in [3.8, 4) is 0 Å². The number of nitrogens with zero attached hydrogens (tertiary/aromatic N) is 1. The summed E-state index contributed by atoms with van der Waals surface area (Å²) in [6.07, 6.45) is 0. The first-order chi connectivity index (χ1) is 6.58. The maximum absolute atomic E-state index is 11.5. The number of rotatable bonds is 8. The number of hydrogen-bond donors (Lipinski definition) is 2. The minimum atomic E-state index is -3.38. The van der Waals surface area contributed by atoms with Crippen molar-refractivity contribution in [3.05, 3.63) is 0 Å². The molecule has 0 aliphatic carbocycles. The monoisotopic (exact) mass is 225 g/mol. The van der Waals surface area contributed by atoms with E-state index >= 15 is 0 Å². The zero-order valence-electron chi connectivity index (χ0n) is 8.69. The molecule has 0 spiro atoms. The van der Waals surface area contributed by atoms with Crippen molar-refractivity contribution in [3.63, 3.8) is 0 Å². The van der Waals surface area contributed by atoms with Gasteiger partial charge in [0.05, 0.1) is 6.61 Å². The predicted molar refractivity (Wildman–Crippen MR) is 55.1 cm³/mol. The normalized spacial score (nSPS) is 12.3. The molecule has 0 saturated carbocycles. The molecular weight excluding hydrogens is 206 g/mol. The van der Waals surface area contributed by atoms with Crippen molar-refractivity contribution >= 4 is 10.2 Å². The summed E-state index contributed by atoms with van der Waals surface area (Å²) in [5.74, 6) is 0. The van der Waals surface area contributed by atoms with Crippen molar-refractivity contribution in [1.82, 2.24) is 9.03 Å². The summed E-state index contributed by atoms with van der Waals surface area (Å²) < 4.78 is 31.5. The van der Waals surface area contributed by atoms with Gasteiger partial charge in [0.15, 0.2) is 0 Å². The number of nitrogens with one attached hydrogen (secondary N) is 1. The molecule has 0 saturated heterocycles. The molecule has 0 aliphatic rings. The topological polar surface area (TPSA) is 84.7 Å². The van der Waals surface area contributed by atoms with Crippen molar-refractivity contribution in [2.24, 2.45) is 5.73 Å². The molecule has 0 aromatic heterocycles. The molecule has 14 heavy (non-hydrogen) atoms. The summed E-state index contributed by atoms with van der Waals surface area (Å²) >= 11 is 0. The third kappa shape index (κ3) is 4.87. The quantitative estimate of drug-likeness (QED) is 0.505. The van der Waals surface area contributed by atoms with Crippen LogP contribution in [0.3, 0.4) is 0 Å². The number of nitrogens with two attached hydrogens (primary N) is 1. The van der Waals surface area contributed by atoms with E-state index in [-0.39, 0.29) is 6.54 Å². The van der Waals surface area contributed by atoms with Crippen molar-refractivity contribution in [2.45, 2.75) is 6.92 Å². The molecule has 0 amide bonds. The summed E-state index contributed by atoms with van der Waals surface area (Å²) in [4.78, 5) is 0. The Morgan fingerprint density at radius 1 is 1.50 bits per heavy atom. The van der Waals surface area contributed by atoms with Gasteiger partial charge in [-0.05, 0) is 0 Å². The van der Waals surface area contributed by atoms with Gasteiger partial charge in [0.25, 0.3) is 10.2 Å². The standard InChI is InChI=1S/C7H19N3O3S/c1-3-10(6-4-8)14(11,12)9-5-7-13-2/h9H,3-8H2,1-2H3. The fourth-order valence-corrected chi connectivity index (χ4v) is 2.17. The first-order valence-corrected chi connectivity index (χ1v) is 5.96. The Kier molecular flexibility index (Phi) is 7.02. The van der Waals surface area contributed by atoms with E-state index in [4.69, 9.17) is 10.5 Å². The summed E-state index contributed by atoms with van der Waals surface area (Å²) in [5.41, 5.74) is 5.30. The zero-order valence-corrected chi connectivity index (χ0v) is 9.51. The van der Waals surface area contributed by atoms with Crippen LogP contribution in [0.2, 0.25) is 0 Å². The first-order valence-electron chi connectivity index (χ1n) is 4.52. The molecule has 6 nitrogen and oxygen atoms in total. The SMILES string of the molecule is CCN(CCN)S(=O)(=O)NCCOC. The van der Waals surface area contributed by atoms with Gasteiger partial charge in [0, 0.05) is 33.3 Å². The molecule has 0 unspecified atom stereocenters. The van der Waals surface area contributed by atoms with Crippen LogP contribution in [0.1, 0.15) is 6.92 Å². The number of methoxy groups -OCH3 is 1. The maximum Gasteiger partial charge on any atom is 0.279 e. The van der Waals surface area contributed by atoms with Gasteiger partial charge in [0.1, 0.15) is 0 Å². The van der Waals surface area contributed by atoms with Gasteiger partial charge in [-0.2, -0.15) is 17.4 Å². The Morgan fingerprint density at radius 3 is 2.57 bits per heavy atom. The van der Waals surface area contributed by atoms with E-state index in [0.717, 1.165) is 0 Å². The molecule has 86 valence electrons. The summed E-state index contributed by atoms with van der Waals surface area (Å²) in [6.45, 7) is 3.47. The molecular formula is C7H19N3O3S. The summed E-state index contributed by atoms with van der Waals surface area (Å²) in [7, 11) is -1.86. The summed E-state index contributed by atoms with van der Waals surface area (Å²) in [6, 6.07) is 0. The van der Waals surface area contributed by atoms with Gasteiger partial charge in [0.2, 0.25) is 0 Å². The van der Waals surface area contributed by atoms with Gasteiger partial charge in [-0.1, -0.05) is 6.92 Å². The van der Waals surface area contributed by atoms with Crippen LogP contribution in [0.25, 0.3) is 0 Å². The average Bonchev–Trinajstić information content (AvgIpc) is 2.14. The van der Waals surface area contributed by atoms with Gasteiger partial charge < -0.3 is 10.5 Å². The molecule has 0 atom stereocenters. The predicted octanol–water partition coefficient (Wildman–Crippen LogP) is -1.25. The van der Waals surface area contributed by atoms with Gasteiger partial charge in [-0.15, -0.1) is 0 Å². The van der Waals surface area contributed by atoms with Gasteiger partial charge in [-0.3, -0.25) is 0 Å². The zero-order chi connectivity index (χ0) is 11.0. The molecule has 0 bridgehead atoms. The van der Waals surface area contributed by atoms with E-state index in [2.05, 4.69) is 4.72 Å². The molecule has 0 fully saturated rings. The van der Waals surface area contributed by atoms with Crippen molar-refractivity contribution in [2.75, 3.05) is 39.9 Å². The number of hydrogen-bond acceptors (Lipinski definition) is 4. The number of likely N-dealkylation sites (N-methyl/N-ethyl adjacent to an activating group) is 1. The third-order valence-corrected chi connectivity index (χ3v) is 3.35. The Morgan fingerprint density at radius 2 is 2.14 bits per heavy atom. The van der Waals surface area contributed by atoms with Crippen LogP contribution in [-0.4, -0.2) is 52.6 Å². The van der Waals surface area contributed by atoms with Crippen molar-refractivity contribution in [1.29, 1.82) is 0 Å². The largest absolute Gasteiger partial charge is 0.383 e.